The van der Waals surface area contributed by atoms with E-state index < -0.39 is 11.5 Å². The molecule has 4 nitrogen and oxygen atoms in total. The Labute approximate surface area is 154 Å². The van der Waals surface area contributed by atoms with Crippen LogP contribution in [0.4, 0.5) is 5.69 Å². The van der Waals surface area contributed by atoms with Crippen LogP contribution >= 0.6 is 23.2 Å². The van der Waals surface area contributed by atoms with Gasteiger partial charge in [0.05, 0.1) is 15.7 Å². The predicted octanol–water partition coefficient (Wildman–Crippen LogP) is 4.91. The molecular weight excluding hydrogens is 359 g/mol. The lowest BCUT2D eigenvalue weighted by atomic mass is 10.1. The third kappa shape index (κ3) is 3.76. The molecule has 0 saturated heterocycles. The molecule has 0 aliphatic carbocycles. The van der Waals surface area contributed by atoms with Gasteiger partial charge in [0.1, 0.15) is 5.56 Å². The quantitative estimate of drug-likeness (QED) is 0.685. The molecule has 1 heterocycles. The van der Waals surface area contributed by atoms with Crippen LogP contribution in [0.15, 0.2) is 59.4 Å². The van der Waals surface area contributed by atoms with Crippen molar-refractivity contribution >= 4 is 34.8 Å². The molecule has 0 aliphatic rings. The van der Waals surface area contributed by atoms with E-state index in [0.717, 1.165) is 11.1 Å². The first-order valence-corrected chi connectivity index (χ1v) is 8.27. The highest BCUT2D eigenvalue weighted by Crippen LogP contribution is 2.29. The van der Waals surface area contributed by atoms with Gasteiger partial charge in [-0.25, -0.2) is 0 Å². The number of pyridine rings is 1. The number of H-pyrrole nitrogens is 1. The van der Waals surface area contributed by atoms with Crippen LogP contribution in [0.3, 0.4) is 0 Å². The fraction of sp³-hybridized carbons (Fsp3) is 0.0526. The van der Waals surface area contributed by atoms with Gasteiger partial charge in [0.15, 0.2) is 0 Å². The van der Waals surface area contributed by atoms with Gasteiger partial charge in [0.2, 0.25) is 0 Å². The third-order valence-corrected chi connectivity index (χ3v) is 4.54. The Kier molecular flexibility index (Phi) is 4.93. The van der Waals surface area contributed by atoms with Gasteiger partial charge in [-0.1, -0.05) is 59.1 Å². The summed E-state index contributed by atoms with van der Waals surface area (Å²) in [6.07, 6.45) is 0. The Bertz CT molecular complexity index is 995. The smallest absolute Gasteiger partial charge is 0.261 e. The first-order chi connectivity index (χ1) is 12.0. The predicted molar refractivity (Wildman–Crippen MR) is 102 cm³/mol. The second kappa shape index (κ2) is 7.13. The average molecular weight is 373 g/mol. The number of benzene rings is 2. The molecule has 2 aromatic carbocycles. The van der Waals surface area contributed by atoms with Crippen LogP contribution in [0.25, 0.3) is 11.3 Å². The fourth-order valence-electron chi connectivity index (χ4n) is 2.34. The number of amides is 1. The van der Waals surface area contributed by atoms with Gasteiger partial charge in [0, 0.05) is 5.69 Å². The molecule has 0 radical (unpaired) electrons. The highest BCUT2D eigenvalue weighted by atomic mass is 35.5. The first kappa shape index (κ1) is 17.3. The largest absolute Gasteiger partial charge is 0.321 e. The van der Waals surface area contributed by atoms with Crippen LogP contribution in [0.5, 0.6) is 0 Å². The highest BCUT2D eigenvalue weighted by molar-refractivity contribution is 6.44. The van der Waals surface area contributed by atoms with E-state index in [9.17, 15) is 9.59 Å². The molecule has 0 spiro atoms. The second-order valence-corrected chi connectivity index (χ2v) is 6.32. The van der Waals surface area contributed by atoms with Crippen molar-refractivity contribution in [2.24, 2.45) is 0 Å². The van der Waals surface area contributed by atoms with E-state index in [1.807, 2.05) is 31.2 Å². The number of hydrogen-bond acceptors (Lipinski definition) is 2. The molecule has 0 aliphatic heterocycles. The van der Waals surface area contributed by atoms with Gasteiger partial charge in [-0.15, -0.1) is 0 Å². The summed E-state index contributed by atoms with van der Waals surface area (Å²) < 4.78 is 0. The van der Waals surface area contributed by atoms with Gasteiger partial charge >= 0.3 is 0 Å². The lowest BCUT2D eigenvalue weighted by molar-refractivity contribution is 0.102. The van der Waals surface area contributed by atoms with Crippen molar-refractivity contribution in [2.45, 2.75) is 6.92 Å². The van der Waals surface area contributed by atoms with Crippen molar-refractivity contribution in [3.8, 4) is 11.3 Å². The molecule has 6 heteroatoms. The summed E-state index contributed by atoms with van der Waals surface area (Å²) in [4.78, 5) is 27.4. The number of hydrogen-bond donors (Lipinski definition) is 2. The summed E-state index contributed by atoms with van der Waals surface area (Å²) in [5.74, 6) is -0.555. The van der Waals surface area contributed by atoms with Crippen LogP contribution < -0.4 is 10.9 Å². The Morgan fingerprint density at radius 3 is 2.40 bits per heavy atom. The van der Waals surface area contributed by atoms with Crippen molar-refractivity contribution in [2.75, 3.05) is 5.32 Å². The van der Waals surface area contributed by atoms with E-state index >= 15 is 0 Å². The zero-order valence-corrected chi connectivity index (χ0v) is 14.8. The molecule has 0 unspecified atom stereocenters. The maximum atomic E-state index is 12.4. The van der Waals surface area contributed by atoms with E-state index in [1.54, 1.807) is 24.3 Å². The van der Waals surface area contributed by atoms with Crippen molar-refractivity contribution < 1.29 is 4.79 Å². The maximum absolute atomic E-state index is 12.4. The number of halogens is 2. The van der Waals surface area contributed by atoms with Crippen molar-refractivity contribution in [3.63, 3.8) is 0 Å². The zero-order chi connectivity index (χ0) is 18.0. The van der Waals surface area contributed by atoms with Gasteiger partial charge in [-0.2, -0.15) is 0 Å². The van der Waals surface area contributed by atoms with Gasteiger partial charge in [-0.3, -0.25) is 9.59 Å². The van der Waals surface area contributed by atoms with E-state index in [4.69, 9.17) is 23.2 Å². The van der Waals surface area contributed by atoms with Crippen molar-refractivity contribution in [3.05, 3.63) is 86.1 Å². The monoisotopic (exact) mass is 372 g/mol. The molecule has 3 aromatic rings. The zero-order valence-electron chi connectivity index (χ0n) is 13.3. The number of aryl methyl sites for hydroxylation is 1. The lowest BCUT2D eigenvalue weighted by Gasteiger charge is -2.08. The number of carbonyl (C=O) groups excluding carboxylic acids is 1. The molecule has 25 heavy (non-hydrogen) atoms. The third-order valence-electron chi connectivity index (χ3n) is 3.72. The molecule has 1 amide bonds. The molecule has 0 saturated carbocycles. The van der Waals surface area contributed by atoms with Crippen LogP contribution in [-0.2, 0) is 0 Å². The van der Waals surface area contributed by atoms with E-state index in [1.165, 1.54) is 6.07 Å². The molecular formula is C19H14Cl2N2O2. The van der Waals surface area contributed by atoms with Crippen LogP contribution in [0.1, 0.15) is 15.9 Å². The Balaban J connectivity index is 1.88. The number of rotatable bonds is 3. The summed E-state index contributed by atoms with van der Waals surface area (Å²) in [5.41, 5.74) is 2.50. The standard InChI is InChI=1S/C19H14Cl2N2O2/c1-11-5-7-12(8-6-11)15-10-9-13(18(24)22-15)19(25)23-16-4-2-3-14(20)17(16)21/h2-10H,1H3,(H,22,24)(H,23,25). The first-order valence-electron chi connectivity index (χ1n) is 7.51. The average Bonchev–Trinajstić information content (AvgIpc) is 2.59. The number of nitrogens with one attached hydrogen (secondary N) is 2. The number of carbonyl (C=O) groups is 1. The minimum Gasteiger partial charge on any atom is -0.321 e. The lowest BCUT2D eigenvalue weighted by Crippen LogP contribution is -2.23. The number of aromatic amines is 1. The van der Waals surface area contributed by atoms with Gasteiger partial charge < -0.3 is 10.3 Å². The Hall–Kier alpha value is -2.56. The summed E-state index contributed by atoms with van der Waals surface area (Å²) in [7, 11) is 0. The van der Waals surface area contributed by atoms with Gasteiger partial charge in [0.25, 0.3) is 11.5 Å². The minimum atomic E-state index is -0.555. The SMILES string of the molecule is Cc1ccc(-c2ccc(C(=O)Nc3cccc(Cl)c3Cl)c(=O)[nH]2)cc1. The normalized spacial score (nSPS) is 10.5. The van der Waals surface area contributed by atoms with Gasteiger partial charge in [-0.05, 0) is 36.8 Å². The minimum absolute atomic E-state index is 0.00750. The van der Waals surface area contributed by atoms with Crippen LogP contribution in [0, 0.1) is 6.92 Å². The topological polar surface area (TPSA) is 62.0 Å². The summed E-state index contributed by atoms with van der Waals surface area (Å²) in [5, 5.41) is 3.15. The molecule has 1 aromatic heterocycles. The molecule has 126 valence electrons. The van der Waals surface area contributed by atoms with E-state index in [0.29, 0.717) is 16.4 Å². The van der Waals surface area contributed by atoms with Crippen molar-refractivity contribution in [1.29, 1.82) is 0 Å². The molecule has 0 atom stereocenters. The van der Waals surface area contributed by atoms with E-state index in [-0.39, 0.29) is 10.6 Å². The molecule has 2 N–H and O–H groups in total. The van der Waals surface area contributed by atoms with Crippen LogP contribution in [0.2, 0.25) is 10.0 Å². The highest BCUT2D eigenvalue weighted by Gasteiger charge is 2.14. The van der Waals surface area contributed by atoms with Crippen LogP contribution in [-0.4, -0.2) is 10.9 Å². The Morgan fingerprint density at radius 2 is 1.72 bits per heavy atom. The second-order valence-electron chi connectivity index (χ2n) is 5.54. The summed E-state index contributed by atoms with van der Waals surface area (Å²) in [6, 6.07) is 15.8. The fourth-order valence-corrected chi connectivity index (χ4v) is 2.69. The maximum Gasteiger partial charge on any atom is 0.261 e. The Morgan fingerprint density at radius 1 is 1.00 bits per heavy atom. The molecule has 0 fully saturated rings. The summed E-state index contributed by atoms with van der Waals surface area (Å²) >= 11 is 12.0. The molecule has 3 rings (SSSR count). The van der Waals surface area contributed by atoms with E-state index in [2.05, 4.69) is 10.3 Å². The van der Waals surface area contributed by atoms with Crippen molar-refractivity contribution in [1.82, 2.24) is 4.98 Å². The summed E-state index contributed by atoms with van der Waals surface area (Å²) in [6.45, 7) is 1.99. The molecule has 0 bridgehead atoms. The number of anilines is 1. The number of aromatic nitrogens is 1.